The molecular weight excluding hydrogens is 329 g/mol. The molecule has 0 aliphatic heterocycles. The third-order valence-electron chi connectivity index (χ3n) is 3.58. The number of aryl methyl sites for hydroxylation is 2. The Morgan fingerprint density at radius 3 is 2.92 bits per heavy atom. The lowest BCUT2D eigenvalue weighted by Crippen LogP contribution is -2.12. The highest BCUT2D eigenvalue weighted by molar-refractivity contribution is 7.18. The van der Waals surface area contributed by atoms with Crippen molar-refractivity contribution in [3.63, 3.8) is 0 Å². The van der Waals surface area contributed by atoms with Crippen molar-refractivity contribution in [2.24, 2.45) is 12.1 Å². The number of thiazole rings is 1. The van der Waals surface area contributed by atoms with Gasteiger partial charge in [0, 0.05) is 19.7 Å². The number of aldehydes is 1. The number of hydrogen-bond donors (Lipinski definition) is 0. The molecule has 0 saturated carbocycles. The molecule has 0 atom stereocenters. The quantitative estimate of drug-likeness (QED) is 0.309. The molecule has 0 aromatic carbocycles. The number of rotatable bonds is 5. The van der Waals surface area contributed by atoms with Crippen LogP contribution < -0.4 is 0 Å². The molecule has 0 N–H and O–H groups in total. The Hall–Kier alpha value is -2.61. The smallest absolute Gasteiger partial charge is 0.213 e. The van der Waals surface area contributed by atoms with E-state index >= 15 is 0 Å². The van der Waals surface area contributed by atoms with Gasteiger partial charge in [0.25, 0.3) is 0 Å². The summed E-state index contributed by atoms with van der Waals surface area (Å²) in [7, 11) is 3.57. The van der Waals surface area contributed by atoms with E-state index < -0.39 is 5.95 Å². The van der Waals surface area contributed by atoms with Crippen molar-refractivity contribution < 1.29 is 9.18 Å². The van der Waals surface area contributed by atoms with Crippen LogP contribution >= 0.6 is 11.3 Å². The maximum Gasteiger partial charge on any atom is 0.213 e. The van der Waals surface area contributed by atoms with Gasteiger partial charge in [0.1, 0.15) is 0 Å². The van der Waals surface area contributed by atoms with Gasteiger partial charge in [-0.3, -0.25) is 9.80 Å². The minimum absolute atomic E-state index is 0.363. The second-order valence-corrected chi connectivity index (χ2v) is 6.58. The number of carbonyl (C=O) groups excluding carboxylic acids is 1. The average molecular weight is 345 g/mol. The molecular formula is C16H16FN5OS. The zero-order valence-corrected chi connectivity index (χ0v) is 14.3. The number of hydrogen-bond acceptors (Lipinski definition) is 6. The van der Waals surface area contributed by atoms with E-state index in [1.165, 1.54) is 17.4 Å². The predicted molar refractivity (Wildman–Crippen MR) is 92.0 cm³/mol. The van der Waals surface area contributed by atoms with Crippen LogP contribution in [0.25, 0.3) is 10.3 Å². The van der Waals surface area contributed by atoms with Crippen LogP contribution in [0.2, 0.25) is 0 Å². The van der Waals surface area contributed by atoms with Crippen LogP contribution in [-0.2, 0) is 13.6 Å². The highest BCUT2D eigenvalue weighted by Crippen LogP contribution is 2.28. The Morgan fingerprint density at radius 1 is 1.42 bits per heavy atom. The SMILES string of the molecule is Cc1nc2c(s1)c(/C=N\N(C)Cc1cccc(F)n1)c(C=O)n2C. The van der Waals surface area contributed by atoms with Crippen LogP contribution in [0.3, 0.4) is 0 Å². The molecule has 3 rings (SSSR count). The predicted octanol–water partition coefficient (Wildman–Crippen LogP) is 2.76. The van der Waals surface area contributed by atoms with Crippen LogP contribution in [0.4, 0.5) is 4.39 Å². The summed E-state index contributed by atoms with van der Waals surface area (Å²) in [5.41, 5.74) is 2.63. The van der Waals surface area contributed by atoms with E-state index in [9.17, 15) is 9.18 Å². The van der Waals surface area contributed by atoms with Crippen LogP contribution in [0.15, 0.2) is 23.3 Å². The third kappa shape index (κ3) is 3.05. The van der Waals surface area contributed by atoms with Crippen molar-refractivity contribution in [1.82, 2.24) is 19.5 Å². The van der Waals surface area contributed by atoms with Crippen molar-refractivity contribution >= 4 is 34.2 Å². The van der Waals surface area contributed by atoms with E-state index in [2.05, 4.69) is 15.1 Å². The van der Waals surface area contributed by atoms with E-state index in [1.54, 1.807) is 35.0 Å². The lowest BCUT2D eigenvalue weighted by Gasteiger charge is -2.11. The van der Waals surface area contributed by atoms with Gasteiger partial charge in [-0.15, -0.1) is 11.3 Å². The highest BCUT2D eigenvalue weighted by Gasteiger charge is 2.17. The molecule has 0 aliphatic carbocycles. The molecule has 0 amide bonds. The molecule has 0 fully saturated rings. The molecule has 0 spiro atoms. The van der Waals surface area contributed by atoms with Crippen LogP contribution in [0.1, 0.15) is 26.8 Å². The number of fused-ring (bicyclic) bond motifs is 1. The zero-order valence-electron chi connectivity index (χ0n) is 13.5. The van der Waals surface area contributed by atoms with E-state index in [1.807, 2.05) is 14.0 Å². The number of aromatic nitrogens is 3. The average Bonchev–Trinajstić information content (AvgIpc) is 3.02. The first-order valence-corrected chi connectivity index (χ1v) is 8.08. The summed E-state index contributed by atoms with van der Waals surface area (Å²) in [6.45, 7) is 2.29. The molecule has 0 saturated heterocycles. The number of pyridine rings is 1. The van der Waals surface area contributed by atoms with Crippen LogP contribution in [-0.4, -0.2) is 39.1 Å². The first kappa shape index (κ1) is 16.3. The van der Waals surface area contributed by atoms with Gasteiger partial charge >= 0.3 is 0 Å². The molecule has 0 unspecified atom stereocenters. The summed E-state index contributed by atoms with van der Waals surface area (Å²) in [5, 5.41) is 6.93. The largest absolute Gasteiger partial charge is 0.325 e. The van der Waals surface area contributed by atoms with Gasteiger partial charge in [-0.2, -0.15) is 9.49 Å². The monoisotopic (exact) mass is 345 g/mol. The van der Waals surface area contributed by atoms with Crippen LogP contribution in [0.5, 0.6) is 0 Å². The molecule has 24 heavy (non-hydrogen) atoms. The van der Waals surface area contributed by atoms with Crippen molar-refractivity contribution in [2.75, 3.05) is 7.05 Å². The second kappa shape index (κ2) is 6.48. The lowest BCUT2D eigenvalue weighted by atomic mass is 10.3. The van der Waals surface area contributed by atoms with E-state index in [4.69, 9.17) is 0 Å². The van der Waals surface area contributed by atoms with E-state index in [0.29, 0.717) is 17.9 Å². The first-order valence-electron chi connectivity index (χ1n) is 7.27. The normalized spacial score (nSPS) is 11.5. The number of hydrazone groups is 1. The van der Waals surface area contributed by atoms with Crippen molar-refractivity contribution in [3.8, 4) is 0 Å². The molecule has 0 aliphatic rings. The van der Waals surface area contributed by atoms with Gasteiger partial charge in [0.05, 0.1) is 33.9 Å². The summed E-state index contributed by atoms with van der Waals surface area (Å²) in [4.78, 5) is 19.7. The van der Waals surface area contributed by atoms with Crippen molar-refractivity contribution in [3.05, 3.63) is 46.1 Å². The van der Waals surface area contributed by atoms with Gasteiger partial charge in [0.15, 0.2) is 11.9 Å². The summed E-state index contributed by atoms with van der Waals surface area (Å²) in [6, 6.07) is 4.65. The van der Waals surface area contributed by atoms with Gasteiger partial charge in [-0.25, -0.2) is 9.97 Å². The third-order valence-corrected chi connectivity index (χ3v) is 4.57. The minimum Gasteiger partial charge on any atom is -0.325 e. The summed E-state index contributed by atoms with van der Waals surface area (Å²) in [6.07, 6.45) is 2.45. The summed E-state index contributed by atoms with van der Waals surface area (Å²) >= 11 is 1.52. The van der Waals surface area contributed by atoms with Gasteiger partial charge in [-0.05, 0) is 19.1 Å². The Kier molecular flexibility index (Phi) is 4.39. The maximum atomic E-state index is 13.1. The second-order valence-electron chi connectivity index (χ2n) is 5.37. The summed E-state index contributed by atoms with van der Waals surface area (Å²) in [5.74, 6) is -0.516. The first-order chi connectivity index (χ1) is 11.5. The fourth-order valence-electron chi connectivity index (χ4n) is 2.47. The topological polar surface area (TPSA) is 63.4 Å². The van der Waals surface area contributed by atoms with Gasteiger partial charge < -0.3 is 4.57 Å². The maximum absolute atomic E-state index is 13.1. The lowest BCUT2D eigenvalue weighted by molar-refractivity contribution is 0.111. The summed E-state index contributed by atoms with van der Waals surface area (Å²) < 4.78 is 15.8. The zero-order chi connectivity index (χ0) is 17.3. The van der Waals surface area contributed by atoms with Gasteiger partial charge in [0.2, 0.25) is 5.95 Å². The van der Waals surface area contributed by atoms with Crippen molar-refractivity contribution in [2.45, 2.75) is 13.5 Å². The Balaban J connectivity index is 1.88. The van der Waals surface area contributed by atoms with Crippen LogP contribution in [0, 0.1) is 12.9 Å². The van der Waals surface area contributed by atoms with Crippen molar-refractivity contribution in [1.29, 1.82) is 0 Å². The highest BCUT2D eigenvalue weighted by atomic mass is 32.1. The molecule has 3 heterocycles. The molecule has 3 aromatic rings. The molecule has 0 bridgehead atoms. The Labute approximate surface area is 142 Å². The van der Waals surface area contributed by atoms with Gasteiger partial charge in [-0.1, -0.05) is 6.07 Å². The Bertz CT molecular complexity index is 930. The molecule has 124 valence electrons. The fraction of sp³-hybridized carbons (Fsp3) is 0.250. The molecule has 3 aromatic heterocycles. The minimum atomic E-state index is -0.516. The molecule has 0 radical (unpaired) electrons. The fourth-order valence-corrected chi connectivity index (χ4v) is 3.44. The standard InChI is InChI=1S/C16H16FN5OS/c1-10-19-16-15(24-10)12(13(9-23)22(16)3)7-18-21(2)8-11-5-4-6-14(17)20-11/h4-7,9H,8H2,1-3H3/b18-7-. The van der Waals surface area contributed by atoms with E-state index in [0.717, 1.165) is 27.2 Å². The Morgan fingerprint density at radius 2 is 2.21 bits per heavy atom. The number of halogens is 1. The number of carbonyl (C=O) groups is 1. The number of nitrogens with zero attached hydrogens (tertiary/aromatic N) is 5. The molecule has 8 heteroatoms. The van der Waals surface area contributed by atoms with E-state index in [-0.39, 0.29) is 0 Å². The molecule has 6 nitrogen and oxygen atoms in total.